The maximum Gasteiger partial charge on any atom is 0.329 e. The van der Waals surface area contributed by atoms with E-state index in [-0.39, 0.29) is 23.4 Å². The molecule has 1 aliphatic carbocycles. The Bertz CT molecular complexity index is 1350. The molecule has 9 nitrogen and oxygen atoms in total. The number of Topliss-reactive ketones (excluding diaryl/α,β-unsaturated/α-hetero) is 1. The number of ketones is 1. The summed E-state index contributed by atoms with van der Waals surface area (Å²) in [6, 6.07) is 7.71. The first-order valence-electron chi connectivity index (χ1n) is 12.8. The van der Waals surface area contributed by atoms with Crippen LogP contribution in [0.15, 0.2) is 52.5 Å². The molecule has 1 aliphatic heterocycles. The lowest BCUT2D eigenvalue weighted by atomic mass is 9.71. The maximum atomic E-state index is 13.9. The Balaban J connectivity index is 1.58. The number of carbonyl (C=O) groups excluding carboxylic acids is 1. The summed E-state index contributed by atoms with van der Waals surface area (Å²) in [6.45, 7) is 6.86. The average molecular weight is 488 g/mol. The largest absolute Gasteiger partial charge is 0.329 e. The van der Waals surface area contributed by atoms with Gasteiger partial charge in [0, 0.05) is 48.2 Å². The number of unbranched alkanes of at least 4 members (excludes halogenated alkanes) is 1. The molecule has 3 unspecified atom stereocenters. The molecule has 5 rings (SSSR count). The van der Waals surface area contributed by atoms with Crippen LogP contribution in [0.2, 0.25) is 0 Å². The number of H-pyrrole nitrogens is 1. The molecule has 1 aromatic carbocycles. The highest BCUT2D eigenvalue weighted by molar-refractivity contribution is 5.89. The van der Waals surface area contributed by atoms with Crippen LogP contribution < -0.4 is 5.69 Å². The van der Waals surface area contributed by atoms with Crippen LogP contribution in [0, 0.1) is 11.8 Å². The van der Waals surface area contributed by atoms with Gasteiger partial charge in [0.15, 0.2) is 5.78 Å². The number of aromatic amines is 1. The number of aryl methyl sites for hydroxylation is 1. The van der Waals surface area contributed by atoms with Crippen LogP contribution in [0.5, 0.6) is 0 Å². The van der Waals surface area contributed by atoms with Crippen LogP contribution in [-0.2, 0) is 23.2 Å². The van der Waals surface area contributed by atoms with Crippen molar-refractivity contribution in [3.63, 3.8) is 0 Å². The van der Waals surface area contributed by atoms with Crippen molar-refractivity contribution in [2.45, 2.75) is 70.9 Å². The Morgan fingerprint density at radius 2 is 2.11 bits per heavy atom. The molecule has 1 fully saturated rings. The number of nitrogens with zero attached hydrogens (tertiary/aromatic N) is 6. The minimum atomic E-state index is -0.473. The van der Waals surface area contributed by atoms with Gasteiger partial charge < -0.3 is 0 Å². The van der Waals surface area contributed by atoms with Crippen molar-refractivity contribution in [2.24, 2.45) is 16.8 Å². The smallest absolute Gasteiger partial charge is 0.297 e. The first-order valence-corrected chi connectivity index (χ1v) is 12.8. The zero-order valence-corrected chi connectivity index (χ0v) is 21.1. The van der Waals surface area contributed by atoms with Crippen LogP contribution in [0.1, 0.15) is 63.8 Å². The van der Waals surface area contributed by atoms with Gasteiger partial charge >= 0.3 is 5.69 Å². The first-order chi connectivity index (χ1) is 17.4. The van der Waals surface area contributed by atoms with E-state index in [1.807, 2.05) is 35.3 Å². The van der Waals surface area contributed by atoms with E-state index in [2.05, 4.69) is 64.6 Å². The standard InChI is InChI=1S/C27H33N7O2/c1-4-5-9-21-16-33(24-22(18(2)3)15-23(24)35)26(36)34(21)17-27(10-12-28-13-11-27)20-8-6-7-19(14-20)25-29-31-32-30-25/h6-8,10,12-14,16,18,22,24H,4-5,9,11,15,17H2,1-3H3,(H,29,30,31,32). The van der Waals surface area contributed by atoms with Crippen LogP contribution in [0.3, 0.4) is 0 Å². The van der Waals surface area contributed by atoms with E-state index in [0.29, 0.717) is 31.1 Å². The summed E-state index contributed by atoms with van der Waals surface area (Å²) >= 11 is 0. The molecule has 0 saturated heterocycles. The van der Waals surface area contributed by atoms with Crippen molar-refractivity contribution in [3.8, 4) is 11.4 Å². The zero-order valence-electron chi connectivity index (χ0n) is 21.1. The molecule has 0 spiro atoms. The molecule has 0 bridgehead atoms. The van der Waals surface area contributed by atoms with E-state index >= 15 is 0 Å². The third-order valence-corrected chi connectivity index (χ3v) is 7.72. The number of hydrogen-bond acceptors (Lipinski definition) is 6. The van der Waals surface area contributed by atoms with Crippen LogP contribution >= 0.6 is 0 Å². The number of benzene rings is 1. The normalized spacial score (nSPS) is 23.4. The van der Waals surface area contributed by atoms with Crippen LogP contribution in [0.4, 0.5) is 0 Å². The molecule has 3 atom stereocenters. The minimum Gasteiger partial charge on any atom is -0.297 e. The van der Waals surface area contributed by atoms with Gasteiger partial charge in [-0.2, -0.15) is 5.21 Å². The quantitative estimate of drug-likeness (QED) is 0.492. The number of tetrazole rings is 1. The van der Waals surface area contributed by atoms with E-state index in [4.69, 9.17) is 0 Å². The average Bonchev–Trinajstić information content (AvgIpc) is 3.52. The Labute approximate surface area is 210 Å². The summed E-state index contributed by atoms with van der Waals surface area (Å²) in [7, 11) is 0. The fourth-order valence-electron chi connectivity index (χ4n) is 5.47. The molecule has 2 aliphatic rings. The number of allylic oxidation sites excluding steroid dienone is 1. The number of imidazole rings is 1. The molecule has 2 aromatic heterocycles. The monoisotopic (exact) mass is 487 g/mol. The molecule has 1 N–H and O–H groups in total. The van der Waals surface area contributed by atoms with Gasteiger partial charge in [0.1, 0.15) is 6.04 Å². The van der Waals surface area contributed by atoms with Gasteiger partial charge in [0.05, 0.1) is 0 Å². The highest BCUT2D eigenvalue weighted by Gasteiger charge is 2.44. The Hall–Kier alpha value is -3.62. The molecular weight excluding hydrogens is 454 g/mol. The van der Waals surface area contributed by atoms with Gasteiger partial charge in [-0.25, -0.2) is 4.79 Å². The molecule has 1 saturated carbocycles. The highest BCUT2D eigenvalue weighted by Crippen LogP contribution is 2.40. The maximum absolute atomic E-state index is 13.9. The molecule has 9 heteroatoms. The van der Waals surface area contributed by atoms with Crippen LogP contribution in [-0.4, -0.2) is 41.8 Å². The van der Waals surface area contributed by atoms with E-state index in [1.54, 1.807) is 4.57 Å². The van der Waals surface area contributed by atoms with Crippen molar-refractivity contribution >= 4 is 12.0 Å². The summed E-state index contributed by atoms with van der Waals surface area (Å²) in [4.78, 5) is 30.8. The molecule has 0 radical (unpaired) electrons. The lowest BCUT2D eigenvalue weighted by molar-refractivity contribution is -0.134. The van der Waals surface area contributed by atoms with Crippen molar-refractivity contribution in [1.29, 1.82) is 0 Å². The third kappa shape index (κ3) is 4.27. The van der Waals surface area contributed by atoms with Gasteiger partial charge in [0.2, 0.25) is 5.82 Å². The summed E-state index contributed by atoms with van der Waals surface area (Å²) in [6.07, 6.45) is 11.7. The fraction of sp³-hybridized carbons (Fsp3) is 0.481. The predicted molar refractivity (Wildman–Crippen MR) is 138 cm³/mol. The van der Waals surface area contributed by atoms with E-state index in [1.165, 1.54) is 0 Å². The van der Waals surface area contributed by atoms with Gasteiger partial charge in [-0.05, 0) is 47.9 Å². The van der Waals surface area contributed by atoms with Crippen molar-refractivity contribution in [2.75, 3.05) is 0 Å². The number of hydrogen-bond donors (Lipinski definition) is 1. The predicted octanol–water partition coefficient (Wildman–Crippen LogP) is 3.88. The second-order valence-corrected chi connectivity index (χ2v) is 10.3. The topological polar surface area (TPSA) is 111 Å². The number of carbonyl (C=O) groups is 1. The summed E-state index contributed by atoms with van der Waals surface area (Å²) in [5, 5.41) is 14.4. The zero-order chi connectivity index (χ0) is 25.3. The SMILES string of the molecule is CCCCc1cn(C2C(=O)CC2C(C)C)c(=O)n1CC1(c2cccc(-c3nn[nH]n3)c2)C=CN=CC1. The summed E-state index contributed by atoms with van der Waals surface area (Å²) < 4.78 is 3.61. The van der Waals surface area contributed by atoms with E-state index in [9.17, 15) is 9.59 Å². The second kappa shape index (κ2) is 9.79. The summed E-state index contributed by atoms with van der Waals surface area (Å²) in [5.41, 5.74) is 2.31. The Kier molecular flexibility index (Phi) is 6.55. The van der Waals surface area contributed by atoms with Gasteiger partial charge in [-0.1, -0.05) is 51.5 Å². The fourth-order valence-corrected chi connectivity index (χ4v) is 5.47. The van der Waals surface area contributed by atoms with Crippen molar-refractivity contribution in [3.05, 3.63) is 64.5 Å². The van der Waals surface area contributed by atoms with Gasteiger partial charge in [-0.15, -0.1) is 10.2 Å². The molecular formula is C27H33N7O2. The number of nitrogens with one attached hydrogen (secondary N) is 1. The lowest BCUT2D eigenvalue weighted by Crippen LogP contribution is -2.46. The lowest BCUT2D eigenvalue weighted by Gasteiger charge is -2.38. The van der Waals surface area contributed by atoms with Crippen molar-refractivity contribution < 1.29 is 4.79 Å². The number of aliphatic imine (C=N–C) groups is 1. The number of aromatic nitrogens is 6. The minimum absolute atomic E-state index is 0.102. The van der Waals surface area contributed by atoms with Gasteiger partial charge in [0.25, 0.3) is 0 Å². The van der Waals surface area contributed by atoms with E-state index < -0.39 is 5.41 Å². The van der Waals surface area contributed by atoms with Gasteiger partial charge in [-0.3, -0.25) is 18.9 Å². The summed E-state index contributed by atoms with van der Waals surface area (Å²) in [5.74, 6) is 1.23. The van der Waals surface area contributed by atoms with Crippen LogP contribution in [0.25, 0.3) is 11.4 Å². The first kappa shape index (κ1) is 24.1. The molecule has 0 amide bonds. The molecule has 3 heterocycles. The molecule has 3 aromatic rings. The Morgan fingerprint density at radius 3 is 2.78 bits per heavy atom. The molecule has 188 valence electrons. The Morgan fingerprint density at radius 1 is 1.25 bits per heavy atom. The molecule has 36 heavy (non-hydrogen) atoms. The second-order valence-electron chi connectivity index (χ2n) is 10.3. The number of rotatable bonds is 9. The highest BCUT2D eigenvalue weighted by atomic mass is 16.2. The van der Waals surface area contributed by atoms with E-state index in [0.717, 1.165) is 36.1 Å². The third-order valence-electron chi connectivity index (χ3n) is 7.72. The van der Waals surface area contributed by atoms with Crippen molar-refractivity contribution in [1.82, 2.24) is 29.8 Å².